The maximum Gasteiger partial charge on any atom is 0.226 e. The Kier molecular flexibility index (Phi) is 8.47. The van der Waals surface area contributed by atoms with Crippen LogP contribution >= 0.6 is 11.3 Å². The quantitative estimate of drug-likeness (QED) is 0.629. The molecule has 1 aromatic rings. The van der Waals surface area contributed by atoms with Gasteiger partial charge in [0.25, 0.3) is 0 Å². The number of nitrogens with zero attached hydrogens (tertiary/aromatic N) is 1. The maximum atomic E-state index is 11.5. The SMILES string of the molecule is CCCCCCCCCCC(=O)Nc1nccs1. The Morgan fingerprint density at radius 2 is 1.83 bits per heavy atom. The number of anilines is 1. The van der Waals surface area contributed by atoms with Gasteiger partial charge >= 0.3 is 0 Å². The molecule has 1 rings (SSSR count). The average molecular weight is 268 g/mol. The van der Waals surface area contributed by atoms with Crippen molar-refractivity contribution in [2.24, 2.45) is 0 Å². The molecule has 1 aromatic heterocycles. The zero-order chi connectivity index (χ0) is 13.1. The van der Waals surface area contributed by atoms with Crippen LogP contribution in [0, 0.1) is 0 Å². The summed E-state index contributed by atoms with van der Waals surface area (Å²) in [4.78, 5) is 15.6. The number of carbonyl (C=O) groups excluding carboxylic acids is 1. The van der Waals surface area contributed by atoms with Crippen LogP contribution in [0.2, 0.25) is 0 Å². The normalized spacial score (nSPS) is 10.5. The number of carbonyl (C=O) groups is 1. The number of amides is 1. The molecule has 0 aromatic carbocycles. The van der Waals surface area contributed by atoms with E-state index in [1.807, 2.05) is 5.38 Å². The maximum absolute atomic E-state index is 11.5. The Labute approximate surface area is 114 Å². The van der Waals surface area contributed by atoms with E-state index >= 15 is 0 Å². The Balaban J connectivity index is 1.90. The zero-order valence-electron chi connectivity index (χ0n) is 11.3. The lowest BCUT2D eigenvalue weighted by molar-refractivity contribution is -0.116. The van der Waals surface area contributed by atoms with E-state index < -0.39 is 0 Å². The van der Waals surface area contributed by atoms with Crippen LogP contribution in [0.4, 0.5) is 5.13 Å². The van der Waals surface area contributed by atoms with E-state index in [0.29, 0.717) is 11.6 Å². The van der Waals surface area contributed by atoms with Crippen LogP contribution in [0.3, 0.4) is 0 Å². The Morgan fingerprint density at radius 1 is 1.17 bits per heavy atom. The third kappa shape index (κ3) is 7.43. The highest BCUT2D eigenvalue weighted by Crippen LogP contribution is 2.12. The summed E-state index contributed by atoms with van der Waals surface area (Å²) in [5.74, 6) is 0.0935. The van der Waals surface area contributed by atoms with E-state index in [0.717, 1.165) is 12.8 Å². The van der Waals surface area contributed by atoms with Crippen LogP contribution < -0.4 is 5.32 Å². The second kappa shape index (κ2) is 10.1. The summed E-state index contributed by atoms with van der Waals surface area (Å²) in [5, 5.41) is 5.38. The first-order chi connectivity index (χ1) is 8.83. The van der Waals surface area contributed by atoms with Crippen LogP contribution in [0.15, 0.2) is 11.6 Å². The standard InChI is InChI=1S/C14H24N2OS/c1-2-3-4-5-6-7-8-9-10-13(17)16-14-15-11-12-18-14/h11-12H,2-10H2,1H3,(H,15,16,17). The fourth-order valence-electron chi connectivity index (χ4n) is 1.89. The van der Waals surface area contributed by atoms with Crippen LogP contribution in [-0.4, -0.2) is 10.9 Å². The van der Waals surface area contributed by atoms with Gasteiger partial charge in [-0.25, -0.2) is 4.98 Å². The first-order valence-corrected chi connectivity index (χ1v) is 7.90. The summed E-state index contributed by atoms with van der Waals surface area (Å²) in [5.41, 5.74) is 0. The molecule has 0 saturated heterocycles. The molecule has 0 bridgehead atoms. The molecule has 4 heteroatoms. The van der Waals surface area contributed by atoms with Crippen molar-refractivity contribution in [2.45, 2.75) is 64.7 Å². The molecule has 18 heavy (non-hydrogen) atoms. The van der Waals surface area contributed by atoms with E-state index in [2.05, 4.69) is 17.2 Å². The molecule has 0 atom stereocenters. The number of unbranched alkanes of at least 4 members (excludes halogenated alkanes) is 7. The van der Waals surface area contributed by atoms with Gasteiger partial charge in [0.1, 0.15) is 0 Å². The van der Waals surface area contributed by atoms with Crippen molar-refractivity contribution in [3.05, 3.63) is 11.6 Å². The summed E-state index contributed by atoms with van der Waals surface area (Å²) < 4.78 is 0. The van der Waals surface area contributed by atoms with E-state index in [1.54, 1.807) is 6.20 Å². The monoisotopic (exact) mass is 268 g/mol. The van der Waals surface area contributed by atoms with E-state index in [4.69, 9.17) is 0 Å². The Morgan fingerprint density at radius 3 is 2.44 bits per heavy atom. The predicted octanol–water partition coefficient (Wildman–Crippen LogP) is 4.61. The first kappa shape index (κ1) is 15.2. The zero-order valence-corrected chi connectivity index (χ0v) is 12.1. The van der Waals surface area contributed by atoms with Gasteiger partial charge in [-0.15, -0.1) is 11.3 Å². The fourth-order valence-corrected chi connectivity index (χ4v) is 2.43. The van der Waals surface area contributed by atoms with Crippen molar-refractivity contribution >= 4 is 22.4 Å². The van der Waals surface area contributed by atoms with Gasteiger partial charge in [-0.05, 0) is 6.42 Å². The summed E-state index contributed by atoms with van der Waals surface area (Å²) in [6.45, 7) is 2.24. The Bertz CT molecular complexity index is 312. The minimum absolute atomic E-state index is 0.0935. The minimum Gasteiger partial charge on any atom is -0.302 e. The number of hydrogen-bond acceptors (Lipinski definition) is 3. The molecule has 0 aliphatic heterocycles. The smallest absolute Gasteiger partial charge is 0.226 e. The largest absolute Gasteiger partial charge is 0.302 e. The average Bonchev–Trinajstić information content (AvgIpc) is 2.85. The van der Waals surface area contributed by atoms with Crippen LogP contribution in [0.1, 0.15) is 64.7 Å². The summed E-state index contributed by atoms with van der Waals surface area (Å²) in [7, 11) is 0. The van der Waals surface area contributed by atoms with Gasteiger partial charge in [-0.3, -0.25) is 4.79 Å². The second-order valence-electron chi connectivity index (χ2n) is 4.61. The third-order valence-corrected chi connectivity index (χ3v) is 3.62. The fraction of sp³-hybridized carbons (Fsp3) is 0.714. The lowest BCUT2D eigenvalue weighted by Crippen LogP contribution is -2.10. The molecule has 0 radical (unpaired) electrons. The number of rotatable bonds is 10. The van der Waals surface area contributed by atoms with Gasteiger partial charge < -0.3 is 5.32 Å². The molecule has 3 nitrogen and oxygen atoms in total. The lowest BCUT2D eigenvalue weighted by atomic mass is 10.1. The number of hydrogen-bond donors (Lipinski definition) is 1. The van der Waals surface area contributed by atoms with E-state index in [-0.39, 0.29) is 5.91 Å². The minimum atomic E-state index is 0.0935. The van der Waals surface area contributed by atoms with Crippen molar-refractivity contribution in [3.63, 3.8) is 0 Å². The van der Waals surface area contributed by atoms with Crippen molar-refractivity contribution in [2.75, 3.05) is 5.32 Å². The molecular weight excluding hydrogens is 244 g/mol. The third-order valence-electron chi connectivity index (χ3n) is 2.94. The molecule has 0 unspecified atom stereocenters. The van der Waals surface area contributed by atoms with Crippen molar-refractivity contribution in [1.29, 1.82) is 0 Å². The van der Waals surface area contributed by atoms with Crippen LogP contribution in [0.25, 0.3) is 0 Å². The first-order valence-electron chi connectivity index (χ1n) is 7.02. The van der Waals surface area contributed by atoms with Gasteiger partial charge in [0.05, 0.1) is 0 Å². The van der Waals surface area contributed by atoms with Gasteiger partial charge in [-0.1, -0.05) is 51.9 Å². The van der Waals surface area contributed by atoms with E-state index in [1.165, 1.54) is 49.9 Å². The summed E-state index contributed by atoms with van der Waals surface area (Å²) in [6, 6.07) is 0. The molecule has 1 amide bonds. The number of nitrogens with one attached hydrogen (secondary N) is 1. The van der Waals surface area contributed by atoms with Crippen molar-refractivity contribution < 1.29 is 4.79 Å². The topological polar surface area (TPSA) is 42.0 Å². The van der Waals surface area contributed by atoms with Crippen molar-refractivity contribution in [1.82, 2.24) is 4.98 Å². The number of thiazole rings is 1. The van der Waals surface area contributed by atoms with Crippen molar-refractivity contribution in [3.8, 4) is 0 Å². The molecule has 1 heterocycles. The predicted molar refractivity (Wildman–Crippen MR) is 78.0 cm³/mol. The Hall–Kier alpha value is -0.900. The lowest BCUT2D eigenvalue weighted by Gasteiger charge is -2.02. The van der Waals surface area contributed by atoms with Gasteiger partial charge in [-0.2, -0.15) is 0 Å². The highest BCUT2D eigenvalue weighted by Gasteiger charge is 2.03. The summed E-state index contributed by atoms with van der Waals surface area (Å²) >= 11 is 1.46. The molecule has 0 fully saturated rings. The molecule has 0 aliphatic carbocycles. The molecule has 1 N–H and O–H groups in total. The molecule has 0 spiro atoms. The highest BCUT2D eigenvalue weighted by atomic mass is 32.1. The van der Waals surface area contributed by atoms with E-state index in [9.17, 15) is 4.79 Å². The molecular formula is C14H24N2OS. The van der Waals surface area contributed by atoms with Crippen LogP contribution in [0.5, 0.6) is 0 Å². The number of aromatic nitrogens is 1. The molecule has 0 aliphatic rings. The summed E-state index contributed by atoms with van der Waals surface area (Å²) in [6.07, 6.45) is 12.4. The van der Waals surface area contributed by atoms with Gasteiger partial charge in [0.2, 0.25) is 5.91 Å². The van der Waals surface area contributed by atoms with Crippen LogP contribution in [-0.2, 0) is 4.79 Å². The van der Waals surface area contributed by atoms with Gasteiger partial charge in [0.15, 0.2) is 5.13 Å². The molecule has 102 valence electrons. The molecule has 0 saturated carbocycles. The van der Waals surface area contributed by atoms with Gasteiger partial charge in [0, 0.05) is 18.0 Å². The second-order valence-corrected chi connectivity index (χ2v) is 5.50. The highest BCUT2D eigenvalue weighted by molar-refractivity contribution is 7.13.